The molecule has 0 saturated heterocycles. The van der Waals surface area contributed by atoms with Crippen molar-refractivity contribution in [2.45, 2.75) is 32.9 Å². The van der Waals surface area contributed by atoms with Crippen molar-refractivity contribution < 1.29 is 4.42 Å². The number of nitrogens with zero attached hydrogens (tertiary/aromatic N) is 1. The molecule has 0 aromatic carbocycles. The molecule has 1 aromatic heterocycles. The van der Waals surface area contributed by atoms with Gasteiger partial charge in [0.15, 0.2) is 0 Å². The summed E-state index contributed by atoms with van der Waals surface area (Å²) in [5, 5.41) is 11.8. The molecule has 0 aliphatic rings. The van der Waals surface area contributed by atoms with Gasteiger partial charge >= 0.3 is 0 Å². The summed E-state index contributed by atoms with van der Waals surface area (Å²) in [6.45, 7) is 6.91. The number of hydrogen-bond donors (Lipinski definition) is 1. The quantitative estimate of drug-likeness (QED) is 0.753. The van der Waals surface area contributed by atoms with Crippen LogP contribution in [0, 0.1) is 11.3 Å². The highest BCUT2D eigenvalue weighted by molar-refractivity contribution is 5.19. The average Bonchev–Trinajstić information content (AvgIpc) is 2.47. The van der Waals surface area contributed by atoms with E-state index in [-0.39, 0.29) is 5.54 Å². The van der Waals surface area contributed by atoms with Crippen molar-refractivity contribution in [2.24, 2.45) is 0 Å². The van der Waals surface area contributed by atoms with Gasteiger partial charge in [-0.1, -0.05) is 0 Å². The predicted octanol–water partition coefficient (Wildman–Crippen LogP) is 2.04. The van der Waals surface area contributed by atoms with E-state index in [2.05, 4.69) is 26.1 Å². The average molecular weight is 178 g/mol. The lowest BCUT2D eigenvalue weighted by molar-refractivity contribution is 0.386. The molecular formula is C10H14N2O. The molecule has 1 heterocycles. The third-order valence-corrected chi connectivity index (χ3v) is 1.56. The Morgan fingerprint density at radius 3 is 2.62 bits per heavy atom. The van der Waals surface area contributed by atoms with E-state index in [0.717, 1.165) is 5.76 Å². The van der Waals surface area contributed by atoms with E-state index in [0.29, 0.717) is 12.3 Å². The SMILES string of the molecule is CC(C)(C)NCc1ccc(C#N)o1. The van der Waals surface area contributed by atoms with Crippen molar-refractivity contribution in [2.75, 3.05) is 0 Å². The Bertz CT molecular complexity index is 314. The Balaban J connectivity index is 2.52. The molecular weight excluding hydrogens is 164 g/mol. The molecule has 1 aromatic rings. The van der Waals surface area contributed by atoms with E-state index in [1.54, 1.807) is 6.07 Å². The second-order valence-corrected chi connectivity index (χ2v) is 3.98. The minimum atomic E-state index is 0.0690. The minimum Gasteiger partial charge on any atom is -0.449 e. The molecule has 3 heteroatoms. The summed E-state index contributed by atoms with van der Waals surface area (Å²) in [5.41, 5.74) is 0.0690. The van der Waals surface area contributed by atoms with Gasteiger partial charge < -0.3 is 9.73 Å². The molecule has 13 heavy (non-hydrogen) atoms. The van der Waals surface area contributed by atoms with Crippen molar-refractivity contribution in [3.8, 4) is 6.07 Å². The van der Waals surface area contributed by atoms with Gasteiger partial charge in [-0.2, -0.15) is 5.26 Å². The number of furan rings is 1. The molecule has 0 bridgehead atoms. The van der Waals surface area contributed by atoms with Gasteiger partial charge in [-0.3, -0.25) is 0 Å². The van der Waals surface area contributed by atoms with Gasteiger partial charge in [-0.15, -0.1) is 0 Å². The molecule has 0 aliphatic carbocycles. The van der Waals surface area contributed by atoms with Crippen LogP contribution in [0.2, 0.25) is 0 Å². The normalized spacial score (nSPS) is 11.2. The van der Waals surface area contributed by atoms with Crippen LogP contribution in [0.15, 0.2) is 16.5 Å². The van der Waals surface area contributed by atoms with Gasteiger partial charge in [0.25, 0.3) is 0 Å². The molecule has 1 rings (SSSR count). The summed E-state index contributed by atoms with van der Waals surface area (Å²) in [7, 11) is 0. The Hall–Kier alpha value is -1.27. The number of nitrogens with one attached hydrogen (secondary N) is 1. The van der Waals surface area contributed by atoms with Crippen molar-refractivity contribution in [1.82, 2.24) is 5.32 Å². The molecule has 0 saturated carbocycles. The summed E-state index contributed by atoms with van der Waals surface area (Å²) >= 11 is 0. The lowest BCUT2D eigenvalue weighted by atomic mass is 10.1. The third-order valence-electron chi connectivity index (χ3n) is 1.56. The van der Waals surface area contributed by atoms with Crippen LogP contribution in [-0.2, 0) is 6.54 Å². The lowest BCUT2D eigenvalue weighted by Crippen LogP contribution is -2.34. The summed E-state index contributed by atoms with van der Waals surface area (Å²) < 4.78 is 5.20. The van der Waals surface area contributed by atoms with Gasteiger partial charge in [-0.25, -0.2) is 0 Å². The summed E-state index contributed by atoms with van der Waals surface area (Å²) in [4.78, 5) is 0. The maximum Gasteiger partial charge on any atom is 0.203 e. The first-order chi connectivity index (χ1) is 6.01. The first kappa shape index (κ1) is 9.82. The number of nitriles is 1. The molecule has 70 valence electrons. The zero-order chi connectivity index (χ0) is 9.90. The van der Waals surface area contributed by atoms with Gasteiger partial charge in [0.05, 0.1) is 6.54 Å². The van der Waals surface area contributed by atoms with Crippen molar-refractivity contribution in [3.05, 3.63) is 23.7 Å². The summed E-state index contributed by atoms with van der Waals surface area (Å²) in [6.07, 6.45) is 0. The van der Waals surface area contributed by atoms with Crippen LogP contribution in [0.5, 0.6) is 0 Å². The van der Waals surface area contributed by atoms with Crippen molar-refractivity contribution in [1.29, 1.82) is 5.26 Å². The Kier molecular flexibility index (Phi) is 2.74. The number of hydrogen-bond acceptors (Lipinski definition) is 3. The van der Waals surface area contributed by atoms with E-state index in [1.165, 1.54) is 0 Å². The first-order valence-corrected chi connectivity index (χ1v) is 4.25. The zero-order valence-electron chi connectivity index (χ0n) is 8.22. The van der Waals surface area contributed by atoms with E-state index in [4.69, 9.17) is 9.68 Å². The van der Waals surface area contributed by atoms with Gasteiger partial charge in [0.1, 0.15) is 11.8 Å². The summed E-state index contributed by atoms with van der Waals surface area (Å²) in [5.74, 6) is 1.16. The van der Waals surface area contributed by atoms with Crippen LogP contribution < -0.4 is 5.32 Å². The van der Waals surface area contributed by atoms with Crippen LogP contribution in [0.25, 0.3) is 0 Å². The van der Waals surface area contributed by atoms with E-state index in [9.17, 15) is 0 Å². The maximum atomic E-state index is 8.51. The zero-order valence-corrected chi connectivity index (χ0v) is 8.22. The molecule has 0 radical (unpaired) electrons. The Labute approximate surface area is 78.4 Å². The molecule has 3 nitrogen and oxygen atoms in total. The van der Waals surface area contributed by atoms with Crippen LogP contribution in [0.3, 0.4) is 0 Å². The lowest BCUT2D eigenvalue weighted by Gasteiger charge is -2.19. The van der Waals surface area contributed by atoms with Gasteiger partial charge in [0, 0.05) is 5.54 Å². The van der Waals surface area contributed by atoms with Gasteiger partial charge in [0.2, 0.25) is 5.76 Å². The topological polar surface area (TPSA) is 49.0 Å². The molecule has 1 N–H and O–H groups in total. The largest absolute Gasteiger partial charge is 0.449 e. The highest BCUT2D eigenvalue weighted by Crippen LogP contribution is 2.08. The second kappa shape index (κ2) is 3.63. The fourth-order valence-electron chi connectivity index (χ4n) is 0.885. The van der Waals surface area contributed by atoms with Gasteiger partial charge in [-0.05, 0) is 32.9 Å². The van der Waals surface area contributed by atoms with E-state index in [1.807, 2.05) is 12.1 Å². The van der Waals surface area contributed by atoms with Crippen molar-refractivity contribution >= 4 is 0 Å². The predicted molar refractivity (Wildman–Crippen MR) is 50.0 cm³/mol. The van der Waals surface area contributed by atoms with Crippen LogP contribution >= 0.6 is 0 Å². The molecule has 0 aliphatic heterocycles. The molecule has 0 amide bonds. The van der Waals surface area contributed by atoms with Crippen LogP contribution in [-0.4, -0.2) is 5.54 Å². The van der Waals surface area contributed by atoms with Crippen molar-refractivity contribution in [3.63, 3.8) is 0 Å². The molecule has 0 unspecified atom stereocenters. The fourth-order valence-corrected chi connectivity index (χ4v) is 0.885. The standard InChI is InChI=1S/C10H14N2O/c1-10(2,3)12-7-9-5-4-8(6-11)13-9/h4-5,12H,7H2,1-3H3. The third kappa shape index (κ3) is 3.30. The highest BCUT2D eigenvalue weighted by atomic mass is 16.3. The smallest absolute Gasteiger partial charge is 0.203 e. The first-order valence-electron chi connectivity index (χ1n) is 4.25. The summed E-state index contributed by atoms with van der Waals surface area (Å²) in [6, 6.07) is 5.45. The van der Waals surface area contributed by atoms with E-state index >= 15 is 0 Å². The van der Waals surface area contributed by atoms with Crippen LogP contribution in [0.1, 0.15) is 32.3 Å². The fraction of sp³-hybridized carbons (Fsp3) is 0.500. The Morgan fingerprint density at radius 1 is 1.46 bits per heavy atom. The molecule has 0 fully saturated rings. The van der Waals surface area contributed by atoms with Crippen LogP contribution in [0.4, 0.5) is 0 Å². The second-order valence-electron chi connectivity index (χ2n) is 3.98. The maximum absolute atomic E-state index is 8.51. The monoisotopic (exact) mass is 178 g/mol. The Morgan fingerprint density at radius 2 is 2.15 bits per heavy atom. The highest BCUT2D eigenvalue weighted by Gasteiger charge is 2.09. The molecule has 0 atom stereocenters. The molecule has 0 spiro atoms. The minimum absolute atomic E-state index is 0.0690. The van der Waals surface area contributed by atoms with E-state index < -0.39 is 0 Å². The number of rotatable bonds is 2.